The van der Waals surface area contributed by atoms with Crippen molar-refractivity contribution < 1.29 is 18.3 Å². The topological polar surface area (TPSA) is 33.1 Å². The second kappa shape index (κ2) is 7.56. The van der Waals surface area contributed by atoms with E-state index in [4.69, 9.17) is 0 Å². The van der Waals surface area contributed by atoms with E-state index in [0.29, 0.717) is 11.3 Å². The molecule has 0 bridgehead atoms. The van der Waals surface area contributed by atoms with Gasteiger partial charge in [-0.2, -0.15) is 13.2 Å². The molecule has 1 unspecified atom stereocenters. The van der Waals surface area contributed by atoms with Gasteiger partial charge >= 0.3 is 6.18 Å². The Balaban J connectivity index is 2.77. The molecule has 1 N–H and O–H groups in total. The monoisotopic (exact) mass is 317 g/mol. The Kier molecular flexibility index (Phi) is 6.36. The SMILES string of the molecule is C=CC/C(=C/CC(O)/C(C)=C/c1csc(C)n1)C(F)(F)F. The van der Waals surface area contributed by atoms with Crippen molar-refractivity contribution in [2.75, 3.05) is 0 Å². The van der Waals surface area contributed by atoms with E-state index >= 15 is 0 Å². The summed E-state index contributed by atoms with van der Waals surface area (Å²) in [6, 6.07) is 0. The number of alkyl halides is 3. The molecule has 0 aromatic carbocycles. The van der Waals surface area contributed by atoms with Crippen molar-refractivity contribution in [3.63, 3.8) is 0 Å². The van der Waals surface area contributed by atoms with Crippen LogP contribution in [0.5, 0.6) is 0 Å². The van der Waals surface area contributed by atoms with Crippen LogP contribution in [0.15, 0.2) is 35.3 Å². The standard InChI is InChI=1S/C15H18F3NOS/c1-4-5-12(15(16,17)18)6-7-14(20)10(2)8-13-9-21-11(3)19-13/h4,6,8-9,14,20H,1,5,7H2,2-3H3/b10-8+,12-6-. The Morgan fingerprint density at radius 1 is 1.52 bits per heavy atom. The zero-order valence-electron chi connectivity index (χ0n) is 11.9. The zero-order valence-corrected chi connectivity index (χ0v) is 12.8. The van der Waals surface area contributed by atoms with Crippen LogP contribution in [-0.2, 0) is 0 Å². The lowest BCUT2D eigenvalue weighted by molar-refractivity contribution is -0.0932. The van der Waals surface area contributed by atoms with Gasteiger partial charge in [0.15, 0.2) is 0 Å². The van der Waals surface area contributed by atoms with Crippen LogP contribution in [0.2, 0.25) is 0 Å². The first-order valence-electron chi connectivity index (χ1n) is 6.39. The van der Waals surface area contributed by atoms with E-state index in [-0.39, 0.29) is 12.8 Å². The molecule has 21 heavy (non-hydrogen) atoms. The Bertz CT molecular complexity index is 543. The number of aromatic nitrogens is 1. The number of aryl methyl sites for hydroxylation is 1. The smallest absolute Gasteiger partial charge is 0.388 e. The van der Waals surface area contributed by atoms with Gasteiger partial charge in [-0.3, -0.25) is 0 Å². The van der Waals surface area contributed by atoms with Crippen LogP contribution < -0.4 is 0 Å². The maximum absolute atomic E-state index is 12.7. The molecule has 116 valence electrons. The highest BCUT2D eigenvalue weighted by Crippen LogP contribution is 2.29. The molecule has 1 rings (SSSR count). The maximum atomic E-state index is 12.7. The Morgan fingerprint density at radius 2 is 2.19 bits per heavy atom. The fraction of sp³-hybridized carbons (Fsp3) is 0.400. The van der Waals surface area contributed by atoms with Gasteiger partial charge < -0.3 is 5.11 Å². The third-order valence-electron chi connectivity index (χ3n) is 2.85. The lowest BCUT2D eigenvalue weighted by Gasteiger charge is -2.12. The highest BCUT2D eigenvalue weighted by molar-refractivity contribution is 7.09. The summed E-state index contributed by atoms with van der Waals surface area (Å²) in [6.07, 6.45) is -1.80. The van der Waals surface area contributed by atoms with Gasteiger partial charge in [0.05, 0.1) is 16.8 Å². The van der Waals surface area contributed by atoms with E-state index in [1.165, 1.54) is 17.4 Å². The van der Waals surface area contributed by atoms with E-state index in [1.54, 1.807) is 13.0 Å². The highest BCUT2D eigenvalue weighted by atomic mass is 32.1. The molecule has 1 aromatic rings. The van der Waals surface area contributed by atoms with Crippen molar-refractivity contribution >= 4 is 17.4 Å². The van der Waals surface area contributed by atoms with Crippen molar-refractivity contribution in [2.45, 2.75) is 39.0 Å². The number of thiazole rings is 1. The van der Waals surface area contributed by atoms with Crippen LogP contribution in [0.3, 0.4) is 0 Å². The summed E-state index contributed by atoms with van der Waals surface area (Å²) >= 11 is 1.48. The first-order chi connectivity index (χ1) is 9.74. The van der Waals surface area contributed by atoms with Gasteiger partial charge in [0.1, 0.15) is 0 Å². The van der Waals surface area contributed by atoms with Crippen molar-refractivity contribution in [1.82, 2.24) is 4.98 Å². The quantitative estimate of drug-likeness (QED) is 0.773. The molecule has 0 spiro atoms. The van der Waals surface area contributed by atoms with Gasteiger partial charge in [-0.1, -0.05) is 12.2 Å². The maximum Gasteiger partial charge on any atom is 0.412 e. The molecule has 0 saturated heterocycles. The Hall–Kier alpha value is -1.40. The summed E-state index contributed by atoms with van der Waals surface area (Å²) in [5.41, 5.74) is 0.602. The van der Waals surface area contributed by atoms with Crippen LogP contribution in [0.4, 0.5) is 13.2 Å². The summed E-state index contributed by atoms with van der Waals surface area (Å²) < 4.78 is 38.1. The molecular formula is C15H18F3NOS. The predicted octanol–water partition coefficient (Wildman–Crippen LogP) is 4.67. The van der Waals surface area contributed by atoms with Gasteiger partial charge in [0, 0.05) is 11.0 Å². The molecular weight excluding hydrogens is 299 g/mol. The predicted molar refractivity (Wildman–Crippen MR) is 80.1 cm³/mol. The van der Waals surface area contributed by atoms with Gasteiger partial charge in [-0.25, -0.2) is 4.98 Å². The molecule has 1 heterocycles. The van der Waals surface area contributed by atoms with Crippen LogP contribution in [-0.4, -0.2) is 22.4 Å². The van der Waals surface area contributed by atoms with E-state index in [0.717, 1.165) is 11.1 Å². The first kappa shape index (κ1) is 17.7. The lowest BCUT2D eigenvalue weighted by atomic mass is 10.0. The lowest BCUT2D eigenvalue weighted by Crippen LogP contribution is -2.13. The van der Waals surface area contributed by atoms with Crippen molar-refractivity contribution in [3.05, 3.63) is 46.0 Å². The molecule has 0 fully saturated rings. The van der Waals surface area contributed by atoms with Crippen molar-refractivity contribution in [3.8, 4) is 0 Å². The molecule has 1 atom stereocenters. The van der Waals surface area contributed by atoms with Crippen LogP contribution in [0.1, 0.15) is 30.5 Å². The van der Waals surface area contributed by atoms with Crippen LogP contribution in [0.25, 0.3) is 6.08 Å². The van der Waals surface area contributed by atoms with E-state index < -0.39 is 17.9 Å². The average molecular weight is 317 g/mol. The largest absolute Gasteiger partial charge is 0.412 e. The Morgan fingerprint density at radius 3 is 2.67 bits per heavy atom. The molecule has 0 radical (unpaired) electrons. The number of allylic oxidation sites excluding steroid dienone is 2. The average Bonchev–Trinajstić information content (AvgIpc) is 2.78. The van der Waals surface area contributed by atoms with Gasteiger partial charge in [0.2, 0.25) is 0 Å². The van der Waals surface area contributed by atoms with E-state index in [2.05, 4.69) is 11.6 Å². The van der Waals surface area contributed by atoms with E-state index in [9.17, 15) is 18.3 Å². The number of rotatable bonds is 6. The summed E-state index contributed by atoms with van der Waals surface area (Å²) in [5, 5.41) is 12.7. The number of nitrogens with zero attached hydrogens (tertiary/aromatic N) is 1. The molecule has 0 amide bonds. The second-order valence-electron chi connectivity index (χ2n) is 4.65. The normalized spacial score (nSPS) is 15.1. The molecule has 2 nitrogen and oxygen atoms in total. The summed E-state index contributed by atoms with van der Waals surface area (Å²) in [5.74, 6) is 0. The number of hydrogen-bond donors (Lipinski definition) is 1. The molecule has 1 aromatic heterocycles. The molecule has 0 aliphatic heterocycles. The van der Waals surface area contributed by atoms with Gasteiger partial charge in [-0.15, -0.1) is 17.9 Å². The number of aliphatic hydroxyl groups is 1. The fourth-order valence-electron chi connectivity index (χ4n) is 1.69. The summed E-state index contributed by atoms with van der Waals surface area (Å²) in [7, 11) is 0. The minimum atomic E-state index is -4.39. The van der Waals surface area contributed by atoms with Crippen molar-refractivity contribution in [1.29, 1.82) is 0 Å². The van der Waals surface area contributed by atoms with Crippen molar-refractivity contribution in [2.24, 2.45) is 0 Å². The van der Waals surface area contributed by atoms with Crippen LogP contribution in [0, 0.1) is 6.92 Å². The molecule has 0 saturated carbocycles. The summed E-state index contributed by atoms with van der Waals surface area (Å²) in [4.78, 5) is 4.22. The number of hydrogen-bond acceptors (Lipinski definition) is 3. The third-order valence-corrected chi connectivity index (χ3v) is 3.65. The van der Waals surface area contributed by atoms with Crippen LogP contribution >= 0.6 is 11.3 Å². The van der Waals surface area contributed by atoms with Gasteiger partial charge in [-0.05, 0) is 38.3 Å². The minimum absolute atomic E-state index is 0.0892. The Labute approximate surface area is 126 Å². The third kappa shape index (κ3) is 5.85. The van der Waals surface area contributed by atoms with Gasteiger partial charge in [0.25, 0.3) is 0 Å². The van der Waals surface area contributed by atoms with E-state index in [1.807, 2.05) is 12.3 Å². The second-order valence-corrected chi connectivity index (χ2v) is 5.71. The molecule has 0 aliphatic rings. The minimum Gasteiger partial charge on any atom is -0.388 e. The first-order valence-corrected chi connectivity index (χ1v) is 7.27. The summed E-state index contributed by atoms with van der Waals surface area (Å²) in [6.45, 7) is 6.85. The molecule has 6 heteroatoms. The number of halogens is 3. The highest BCUT2D eigenvalue weighted by Gasteiger charge is 2.32. The zero-order chi connectivity index (χ0) is 16.0. The number of aliphatic hydroxyl groups excluding tert-OH is 1. The molecule has 0 aliphatic carbocycles. The fourth-order valence-corrected chi connectivity index (χ4v) is 2.26.